The molecular weight excluding hydrogens is 240 g/mol. The average Bonchev–Trinajstić information content (AvgIpc) is 2.35. The molecule has 2 aromatic rings. The Labute approximate surface area is 112 Å². The fourth-order valence-corrected chi connectivity index (χ4v) is 1.95. The molecule has 2 rings (SSSR count). The van der Waals surface area contributed by atoms with Crippen molar-refractivity contribution >= 4 is 23.0 Å². The van der Waals surface area contributed by atoms with Gasteiger partial charge in [-0.05, 0) is 37.6 Å². The summed E-state index contributed by atoms with van der Waals surface area (Å²) in [6.45, 7) is 5.48. The Morgan fingerprint density at radius 2 is 1.68 bits per heavy atom. The van der Waals surface area contributed by atoms with E-state index >= 15 is 0 Å². The first-order chi connectivity index (χ1) is 8.92. The largest absolute Gasteiger partial charge is 0.456 e. The van der Waals surface area contributed by atoms with Crippen molar-refractivity contribution in [1.29, 1.82) is 0 Å². The van der Waals surface area contributed by atoms with Crippen LogP contribution in [0.3, 0.4) is 0 Å². The van der Waals surface area contributed by atoms with Crippen LogP contribution < -0.4 is 0 Å². The molecule has 3 nitrogen and oxygen atoms in total. The van der Waals surface area contributed by atoms with Crippen LogP contribution in [0.5, 0.6) is 0 Å². The maximum atomic E-state index is 12.2. The van der Waals surface area contributed by atoms with Crippen LogP contribution in [0.25, 0.3) is 10.8 Å². The van der Waals surface area contributed by atoms with E-state index in [1.807, 2.05) is 32.9 Å². The summed E-state index contributed by atoms with van der Waals surface area (Å²) in [5.41, 5.74) is 0.514. The van der Waals surface area contributed by atoms with Crippen LogP contribution in [-0.4, -0.2) is 17.9 Å². The summed E-state index contributed by atoms with van der Waals surface area (Å²) in [5, 5.41) is 1.50. The SMILES string of the molecule is CC(C)(C)OC(=O)c1cccc2c(C=O)cccc12. The van der Waals surface area contributed by atoms with Gasteiger partial charge in [0, 0.05) is 5.56 Å². The first-order valence-corrected chi connectivity index (χ1v) is 6.12. The molecule has 0 spiro atoms. The summed E-state index contributed by atoms with van der Waals surface area (Å²) >= 11 is 0. The van der Waals surface area contributed by atoms with Gasteiger partial charge >= 0.3 is 5.97 Å². The molecule has 0 radical (unpaired) electrons. The molecule has 0 aromatic heterocycles. The zero-order valence-corrected chi connectivity index (χ0v) is 11.3. The molecule has 2 aromatic carbocycles. The van der Waals surface area contributed by atoms with Crippen molar-refractivity contribution in [3.05, 3.63) is 47.5 Å². The molecule has 0 aliphatic heterocycles. The highest BCUT2D eigenvalue weighted by Gasteiger charge is 2.19. The fourth-order valence-electron chi connectivity index (χ4n) is 1.95. The summed E-state index contributed by atoms with van der Waals surface area (Å²) in [7, 11) is 0. The minimum absolute atomic E-state index is 0.374. The molecule has 0 bridgehead atoms. The lowest BCUT2D eigenvalue weighted by molar-refractivity contribution is 0.00718. The molecule has 19 heavy (non-hydrogen) atoms. The van der Waals surface area contributed by atoms with Crippen LogP contribution in [0.15, 0.2) is 36.4 Å². The van der Waals surface area contributed by atoms with Crippen molar-refractivity contribution in [1.82, 2.24) is 0 Å². The number of carbonyl (C=O) groups excluding carboxylic acids is 2. The van der Waals surface area contributed by atoms with Crippen LogP contribution >= 0.6 is 0 Å². The van der Waals surface area contributed by atoms with Crippen molar-refractivity contribution in [2.45, 2.75) is 26.4 Å². The van der Waals surface area contributed by atoms with Crippen LogP contribution in [0.2, 0.25) is 0 Å². The van der Waals surface area contributed by atoms with Gasteiger partial charge in [-0.3, -0.25) is 4.79 Å². The number of benzene rings is 2. The predicted molar refractivity (Wildman–Crippen MR) is 74.5 cm³/mol. The van der Waals surface area contributed by atoms with Gasteiger partial charge in [0.1, 0.15) is 5.60 Å². The highest BCUT2D eigenvalue weighted by molar-refractivity contribution is 6.08. The Kier molecular flexibility index (Phi) is 3.38. The van der Waals surface area contributed by atoms with E-state index in [1.54, 1.807) is 24.3 Å². The number of rotatable bonds is 2. The second kappa shape index (κ2) is 4.84. The van der Waals surface area contributed by atoms with E-state index in [0.29, 0.717) is 11.1 Å². The van der Waals surface area contributed by atoms with Crippen LogP contribution in [0.1, 0.15) is 41.5 Å². The molecule has 0 amide bonds. The molecule has 0 saturated carbocycles. The van der Waals surface area contributed by atoms with Crippen molar-refractivity contribution < 1.29 is 14.3 Å². The number of hydrogen-bond acceptors (Lipinski definition) is 3. The van der Waals surface area contributed by atoms with Gasteiger partial charge in [0.15, 0.2) is 6.29 Å². The second-order valence-corrected chi connectivity index (χ2v) is 5.37. The van der Waals surface area contributed by atoms with E-state index in [0.717, 1.165) is 17.1 Å². The lowest BCUT2D eigenvalue weighted by Gasteiger charge is -2.20. The first kappa shape index (κ1) is 13.3. The molecule has 0 aliphatic rings. The van der Waals surface area contributed by atoms with Crippen molar-refractivity contribution in [2.24, 2.45) is 0 Å². The van der Waals surface area contributed by atoms with Gasteiger partial charge in [0.05, 0.1) is 5.56 Å². The Morgan fingerprint density at radius 1 is 1.05 bits per heavy atom. The van der Waals surface area contributed by atoms with Gasteiger partial charge in [-0.1, -0.05) is 30.3 Å². The number of aldehydes is 1. The number of hydrogen-bond donors (Lipinski definition) is 0. The number of carbonyl (C=O) groups is 2. The molecule has 0 fully saturated rings. The van der Waals surface area contributed by atoms with E-state index < -0.39 is 5.60 Å². The quantitative estimate of drug-likeness (QED) is 0.609. The Hall–Kier alpha value is -2.16. The number of ether oxygens (including phenoxy) is 1. The number of fused-ring (bicyclic) bond motifs is 1. The van der Waals surface area contributed by atoms with Crippen molar-refractivity contribution in [2.75, 3.05) is 0 Å². The Balaban J connectivity index is 2.56. The maximum Gasteiger partial charge on any atom is 0.339 e. The van der Waals surface area contributed by atoms with Crippen molar-refractivity contribution in [3.8, 4) is 0 Å². The highest BCUT2D eigenvalue weighted by Crippen LogP contribution is 2.23. The summed E-state index contributed by atoms with van der Waals surface area (Å²) in [4.78, 5) is 23.2. The van der Waals surface area contributed by atoms with E-state index in [-0.39, 0.29) is 5.97 Å². The Morgan fingerprint density at radius 3 is 2.32 bits per heavy atom. The monoisotopic (exact) mass is 256 g/mol. The minimum atomic E-state index is -0.540. The maximum absolute atomic E-state index is 12.2. The molecule has 0 saturated heterocycles. The minimum Gasteiger partial charge on any atom is -0.456 e. The molecule has 0 N–H and O–H groups in total. The zero-order chi connectivity index (χ0) is 14.0. The Bertz CT molecular complexity index is 636. The molecule has 0 heterocycles. The molecule has 3 heteroatoms. The smallest absolute Gasteiger partial charge is 0.339 e. The van der Waals surface area contributed by atoms with Crippen LogP contribution in [0, 0.1) is 0 Å². The molecule has 98 valence electrons. The van der Waals surface area contributed by atoms with Gasteiger partial charge in [0.2, 0.25) is 0 Å². The van der Waals surface area contributed by atoms with E-state index in [1.165, 1.54) is 0 Å². The normalized spacial score (nSPS) is 11.3. The van der Waals surface area contributed by atoms with Crippen molar-refractivity contribution in [3.63, 3.8) is 0 Å². The molecule has 0 atom stereocenters. The summed E-state index contributed by atoms with van der Waals surface area (Å²) in [6, 6.07) is 10.6. The summed E-state index contributed by atoms with van der Waals surface area (Å²) in [5.74, 6) is -0.374. The lowest BCUT2D eigenvalue weighted by Crippen LogP contribution is -2.24. The van der Waals surface area contributed by atoms with Gasteiger partial charge in [-0.2, -0.15) is 0 Å². The lowest BCUT2D eigenvalue weighted by atomic mass is 10.0. The summed E-state index contributed by atoms with van der Waals surface area (Å²) in [6.07, 6.45) is 0.793. The van der Waals surface area contributed by atoms with Gasteiger partial charge in [-0.15, -0.1) is 0 Å². The predicted octanol–water partition coefficient (Wildman–Crippen LogP) is 3.61. The number of esters is 1. The second-order valence-electron chi connectivity index (χ2n) is 5.37. The third-order valence-electron chi connectivity index (χ3n) is 2.70. The fraction of sp³-hybridized carbons (Fsp3) is 0.250. The van der Waals surface area contributed by atoms with E-state index in [4.69, 9.17) is 4.74 Å². The topological polar surface area (TPSA) is 43.4 Å². The average molecular weight is 256 g/mol. The molecule has 0 unspecified atom stereocenters. The van der Waals surface area contributed by atoms with Crippen LogP contribution in [-0.2, 0) is 4.74 Å². The molecular formula is C16H16O3. The highest BCUT2D eigenvalue weighted by atomic mass is 16.6. The van der Waals surface area contributed by atoms with Crippen LogP contribution in [0.4, 0.5) is 0 Å². The third-order valence-corrected chi connectivity index (χ3v) is 2.70. The standard InChI is InChI=1S/C16H16O3/c1-16(2,3)19-15(18)14-9-5-7-12-11(10-17)6-4-8-13(12)14/h4-10H,1-3H3. The molecule has 0 aliphatic carbocycles. The zero-order valence-electron chi connectivity index (χ0n) is 11.3. The van der Waals surface area contributed by atoms with E-state index in [2.05, 4.69) is 0 Å². The van der Waals surface area contributed by atoms with Gasteiger partial charge < -0.3 is 4.74 Å². The van der Waals surface area contributed by atoms with Gasteiger partial charge in [-0.25, -0.2) is 4.79 Å². The van der Waals surface area contributed by atoms with Gasteiger partial charge in [0.25, 0.3) is 0 Å². The first-order valence-electron chi connectivity index (χ1n) is 6.12. The summed E-state index contributed by atoms with van der Waals surface area (Å²) < 4.78 is 5.38. The third kappa shape index (κ3) is 2.81. The van der Waals surface area contributed by atoms with E-state index in [9.17, 15) is 9.59 Å².